The molecule has 0 spiro atoms. The van der Waals surface area contributed by atoms with Gasteiger partial charge in [-0.15, -0.1) is 6.58 Å². The molecule has 4 heteroatoms. The van der Waals surface area contributed by atoms with E-state index in [9.17, 15) is 0 Å². The first-order valence-corrected chi connectivity index (χ1v) is 7.54. The van der Waals surface area contributed by atoms with Crippen molar-refractivity contribution in [3.63, 3.8) is 0 Å². The number of nitrogens with one attached hydrogen (secondary N) is 1. The van der Waals surface area contributed by atoms with Crippen LogP contribution in [-0.2, 0) is 13.0 Å². The fraction of sp³-hybridized carbons (Fsp3) is 0.389. The second kappa shape index (κ2) is 12.7. The van der Waals surface area contributed by atoms with E-state index < -0.39 is 0 Å². The maximum Gasteiger partial charge on any atom is 0.257 e. The molecule has 2 aromatic rings. The monoisotopic (exact) mass is 304 g/mol. The topological polar surface area (TPSA) is 47.3 Å². The summed E-state index contributed by atoms with van der Waals surface area (Å²) in [6.45, 7) is 10.1. The average molecular weight is 304 g/mol. The first-order valence-electron chi connectivity index (χ1n) is 7.54. The molecule has 122 valence electrons. The van der Waals surface area contributed by atoms with E-state index in [1.165, 1.54) is 0 Å². The first-order chi connectivity index (χ1) is 10.7. The molecule has 4 nitrogen and oxygen atoms in total. The molecule has 0 saturated carbocycles. The Bertz CT molecular complexity index is 507. The molecular weight excluding hydrogens is 276 g/mol. The van der Waals surface area contributed by atoms with Gasteiger partial charge in [0.1, 0.15) is 12.4 Å². The Labute approximate surface area is 134 Å². The molecule has 1 aromatic heterocycles. The molecule has 0 aliphatic rings. The predicted octanol–water partition coefficient (Wildman–Crippen LogP) is 4.15. The van der Waals surface area contributed by atoms with Crippen LogP contribution in [0.1, 0.15) is 30.7 Å². The van der Waals surface area contributed by atoms with E-state index in [1.54, 1.807) is 6.08 Å². The fourth-order valence-electron chi connectivity index (χ4n) is 1.53. The summed E-state index contributed by atoms with van der Waals surface area (Å²) in [4.78, 5) is 0. The number of benzene rings is 1. The van der Waals surface area contributed by atoms with Gasteiger partial charge in [-0.1, -0.05) is 50.3 Å². The summed E-state index contributed by atoms with van der Waals surface area (Å²) in [6, 6.07) is 9.97. The third-order valence-electron chi connectivity index (χ3n) is 2.53. The van der Waals surface area contributed by atoms with E-state index in [-0.39, 0.29) is 0 Å². The van der Waals surface area contributed by atoms with E-state index in [0.29, 0.717) is 18.9 Å². The highest BCUT2D eigenvalue weighted by Crippen LogP contribution is 2.21. The summed E-state index contributed by atoms with van der Waals surface area (Å²) < 4.78 is 10.8. The normalized spacial score (nSPS) is 8.95. The first kappa shape index (κ1) is 19.9. The zero-order chi connectivity index (χ0) is 16.8. The van der Waals surface area contributed by atoms with Gasteiger partial charge in [-0.05, 0) is 31.7 Å². The Balaban J connectivity index is 0.000000789. The largest absolute Gasteiger partial charge is 0.470 e. The van der Waals surface area contributed by atoms with Crippen LogP contribution in [-0.4, -0.2) is 19.3 Å². The van der Waals surface area contributed by atoms with Crippen LogP contribution in [0.5, 0.6) is 5.88 Å². The second-order valence-electron chi connectivity index (χ2n) is 4.30. The third kappa shape index (κ3) is 7.09. The molecule has 0 aliphatic carbocycles. The zero-order valence-corrected chi connectivity index (χ0v) is 14.3. The Morgan fingerprint density at radius 2 is 1.82 bits per heavy atom. The van der Waals surface area contributed by atoms with Gasteiger partial charge in [-0.2, -0.15) is 0 Å². The van der Waals surface area contributed by atoms with Crippen molar-refractivity contribution in [2.24, 2.45) is 0 Å². The van der Waals surface area contributed by atoms with Crippen molar-refractivity contribution in [3.05, 3.63) is 59.9 Å². The summed E-state index contributed by atoms with van der Waals surface area (Å²) in [5.74, 6) is 1.37. The van der Waals surface area contributed by atoms with Crippen LogP contribution in [0.25, 0.3) is 0 Å². The predicted molar refractivity (Wildman–Crippen MR) is 92.2 cm³/mol. The van der Waals surface area contributed by atoms with Gasteiger partial charge >= 0.3 is 0 Å². The van der Waals surface area contributed by atoms with E-state index in [0.717, 1.165) is 16.9 Å². The van der Waals surface area contributed by atoms with Crippen molar-refractivity contribution in [1.29, 1.82) is 0 Å². The van der Waals surface area contributed by atoms with Gasteiger partial charge in [-0.3, -0.25) is 0 Å². The minimum Gasteiger partial charge on any atom is -0.470 e. The summed E-state index contributed by atoms with van der Waals surface area (Å²) in [6.07, 6.45) is 2.46. The standard InChI is InChI=1S/C14H15NO2.C2H7N.C2H6/c1-3-7-13-11(2)14(15-17-13)16-10-12-8-5-4-6-9-12;1-3-2;1-2/h3-6,8-9H,1,7,10H2,2H3;3H,1-2H3;1-2H3. The smallest absolute Gasteiger partial charge is 0.257 e. The SMILES string of the molecule is C=CCc1onc(OCc2ccccc2)c1C.CC.CNC. The van der Waals surface area contributed by atoms with Crippen molar-refractivity contribution in [3.8, 4) is 5.88 Å². The Kier molecular flexibility index (Phi) is 11.5. The molecule has 1 aromatic carbocycles. The molecular formula is C18H28N2O2. The minimum atomic E-state index is 0.502. The maximum atomic E-state index is 5.61. The van der Waals surface area contributed by atoms with Crippen molar-refractivity contribution >= 4 is 0 Å². The summed E-state index contributed by atoms with van der Waals surface area (Å²) in [7, 11) is 3.75. The molecule has 22 heavy (non-hydrogen) atoms. The molecule has 0 atom stereocenters. The molecule has 0 radical (unpaired) electrons. The van der Waals surface area contributed by atoms with Crippen molar-refractivity contribution in [1.82, 2.24) is 10.5 Å². The Morgan fingerprint density at radius 3 is 2.36 bits per heavy atom. The lowest BCUT2D eigenvalue weighted by Crippen LogP contribution is -1.96. The molecule has 1 N–H and O–H groups in total. The summed E-state index contributed by atoms with van der Waals surface area (Å²) in [5, 5.41) is 6.65. The number of nitrogens with zero attached hydrogens (tertiary/aromatic N) is 1. The van der Waals surface area contributed by atoms with E-state index in [1.807, 2.05) is 65.2 Å². The van der Waals surface area contributed by atoms with Crippen LogP contribution in [0, 0.1) is 6.92 Å². The van der Waals surface area contributed by atoms with Gasteiger partial charge in [0.25, 0.3) is 5.88 Å². The van der Waals surface area contributed by atoms with Gasteiger partial charge in [0.15, 0.2) is 0 Å². The van der Waals surface area contributed by atoms with Crippen LogP contribution in [0.3, 0.4) is 0 Å². The number of rotatable bonds is 5. The molecule has 0 aliphatic heterocycles. The second-order valence-corrected chi connectivity index (χ2v) is 4.30. The van der Waals surface area contributed by atoms with Crippen LogP contribution >= 0.6 is 0 Å². The van der Waals surface area contributed by atoms with E-state index in [4.69, 9.17) is 9.26 Å². The fourth-order valence-corrected chi connectivity index (χ4v) is 1.53. The molecule has 1 heterocycles. The van der Waals surface area contributed by atoms with Gasteiger partial charge < -0.3 is 14.6 Å². The number of allylic oxidation sites excluding steroid dienone is 1. The van der Waals surface area contributed by atoms with Crippen molar-refractivity contribution in [2.45, 2.75) is 33.8 Å². The lowest BCUT2D eigenvalue weighted by atomic mass is 10.2. The molecule has 0 unspecified atom stereocenters. The van der Waals surface area contributed by atoms with Gasteiger partial charge in [0.05, 0.1) is 5.56 Å². The third-order valence-corrected chi connectivity index (χ3v) is 2.53. The highest BCUT2D eigenvalue weighted by Gasteiger charge is 2.11. The van der Waals surface area contributed by atoms with E-state index >= 15 is 0 Å². The molecule has 0 fully saturated rings. The highest BCUT2D eigenvalue weighted by molar-refractivity contribution is 5.28. The minimum absolute atomic E-state index is 0.502. The zero-order valence-electron chi connectivity index (χ0n) is 14.3. The van der Waals surface area contributed by atoms with Gasteiger partial charge in [-0.25, -0.2) is 0 Å². The maximum absolute atomic E-state index is 5.61. The van der Waals surface area contributed by atoms with Crippen molar-refractivity contribution < 1.29 is 9.26 Å². The molecule has 0 saturated heterocycles. The molecule has 2 rings (SSSR count). The lowest BCUT2D eigenvalue weighted by molar-refractivity contribution is 0.266. The quantitative estimate of drug-likeness (QED) is 0.843. The Hall–Kier alpha value is -2.07. The van der Waals surface area contributed by atoms with Crippen LogP contribution in [0.4, 0.5) is 0 Å². The van der Waals surface area contributed by atoms with Crippen molar-refractivity contribution in [2.75, 3.05) is 14.1 Å². The number of hydrogen-bond donors (Lipinski definition) is 1. The highest BCUT2D eigenvalue weighted by atomic mass is 16.5. The Morgan fingerprint density at radius 1 is 1.23 bits per heavy atom. The van der Waals surface area contributed by atoms with Gasteiger partial charge in [0.2, 0.25) is 0 Å². The van der Waals surface area contributed by atoms with Gasteiger partial charge in [0, 0.05) is 6.42 Å². The van der Waals surface area contributed by atoms with E-state index in [2.05, 4.69) is 17.1 Å². The number of aromatic nitrogens is 1. The number of ether oxygens (including phenoxy) is 1. The average Bonchev–Trinajstić information content (AvgIpc) is 2.90. The van der Waals surface area contributed by atoms with Crippen LogP contribution in [0.15, 0.2) is 47.5 Å². The van der Waals surface area contributed by atoms with Crippen LogP contribution < -0.4 is 10.1 Å². The number of hydrogen-bond acceptors (Lipinski definition) is 4. The summed E-state index contributed by atoms with van der Waals surface area (Å²) in [5.41, 5.74) is 2.06. The van der Waals surface area contributed by atoms with Crippen LogP contribution in [0.2, 0.25) is 0 Å². The summed E-state index contributed by atoms with van der Waals surface area (Å²) >= 11 is 0. The molecule has 0 bridgehead atoms. The molecule has 0 amide bonds. The lowest BCUT2D eigenvalue weighted by Gasteiger charge is -2.02.